The van der Waals surface area contributed by atoms with Gasteiger partial charge in [-0.05, 0) is 30.4 Å². The highest BCUT2D eigenvalue weighted by molar-refractivity contribution is 7.13. The molecule has 3 rings (SSSR count). The zero-order valence-corrected chi connectivity index (χ0v) is 14.2. The molecular formula is C19H20N2O2S. The van der Waals surface area contributed by atoms with Crippen molar-refractivity contribution in [2.24, 2.45) is 0 Å². The Bertz CT molecular complexity index is 715. The van der Waals surface area contributed by atoms with E-state index in [1.54, 1.807) is 16.2 Å². The molecule has 2 amide bonds. The predicted molar refractivity (Wildman–Crippen MR) is 98.2 cm³/mol. The van der Waals surface area contributed by atoms with E-state index in [4.69, 9.17) is 11.2 Å². The van der Waals surface area contributed by atoms with Gasteiger partial charge in [-0.25, -0.2) is 4.79 Å². The predicted octanol–water partition coefficient (Wildman–Crippen LogP) is 4.06. The molecule has 1 N–H and O–H groups in total. The molecule has 0 saturated carbocycles. The smallest absolute Gasteiger partial charge is 0.322 e. The summed E-state index contributed by atoms with van der Waals surface area (Å²) in [6, 6.07) is 11.7. The normalized spacial score (nSPS) is 16.5. The number of urea groups is 1. The lowest BCUT2D eigenvalue weighted by molar-refractivity contribution is 0.0868. The summed E-state index contributed by atoms with van der Waals surface area (Å²) in [5.41, 5.74) is 1.80. The van der Waals surface area contributed by atoms with Gasteiger partial charge in [0.2, 0.25) is 0 Å². The van der Waals surface area contributed by atoms with Gasteiger partial charge >= 0.3 is 6.03 Å². The number of para-hydroxylation sites is 1. The van der Waals surface area contributed by atoms with Crippen molar-refractivity contribution in [1.82, 2.24) is 4.90 Å². The highest BCUT2D eigenvalue weighted by atomic mass is 32.1. The summed E-state index contributed by atoms with van der Waals surface area (Å²) >= 11 is 1.64. The van der Waals surface area contributed by atoms with Gasteiger partial charge in [-0.2, -0.15) is 0 Å². The zero-order chi connectivity index (χ0) is 16.8. The second-order valence-electron chi connectivity index (χ2n) is 5.67. The Morgan fingerprint density at radius 3 is 2.96 bits per heavy atom. The third-order valence-electron chi connectivity index (χ3n) is 3.97. The van der Waals surface area contributed by atoms with E-state index in [9.17, 15) is 4.79 Å². The number of carbonyl (C=O) groups is 1. The van der Waals surface area contributed by atoms with Crippen molar-refractivity contribution in [3.05, 3.63) is 41.8 Å². The van der Waals surface area contributed by atoms with Crippen LogP contribution < -0.4 is 5.32 Å². The minimum atomic E-state index is -0.188. The lowest BCUT2D eigenvalue weighted by Crippen LogP contribution is -2.40. The summed E-state index contributed by atoms with van der Waals surface area (Å²) in [4.78, 5) is 15.4. The molecule has 0 radical (unpaired) electrons. The number of anilines is 1. The summed E-state index contributed by atoms with van der Waals surface area (Å²) in [7, 11) is 0. The number of nitrogens with one attached hydrogen (secondary N) is 1. The molecule has 0 spiro atoms. The van der Waals surface area contributed by atoms with Crippen LogP contribution in [0.4, 0.5) is 10.5 Å². The standard InChI is InChI=1S/C19H20N2O2S/c1-2-11-21(14-15-7-5-12-23-15)19(22)20-17-9-4-3-8-16(17)18-10-6-13-24-18/h1,3-4,6,8-10,13,15H,5,7,11-12,14H2,(H,20,22). The zero-order valence-electron chi connectivity index (χ0n) is 13.4. The molecule has 2 heterocycles. The Morgan fingerprint density at radius 1 is 1.38 bits per heavy atom. The number of amides is 2. The van der Waals surface area contributed by atoms with E-state index < -0.39 is 0 Å². The molecule has 1 aromatic carbocycles. The lowest BCUT2D eigenvalue weighted by atomic mass is 10.1. The highest BCUT2D eigenvalue weighted by Gasteiger charge is 2.22. The molecule has 1 aliphatic heterocycles. The van der Waals surface area contributed by atoms with Gasteiger partial charge in [-0.15, -0.1) is 17.8 Å². The van der Waals surface area contributed by atoms with Gasteiger partial charge in [-0.3, -0.25) is 0 Å². The van der Waals surface area contributed by atoms with Crippen LogP contribution in [0, 0.1) is 12.3 Å². The maximum atomic E-state index is 12.7. The van der Waals surface area contributed by atoms with Crippen molar-refractivity contribution in [1.29, 1.82) is 0 Å². The maximum absolute atomic E-state index is 12.7. The van der Waals surface area contributed by atoms with E-state index >= 15 is 0 Å². The number of hydrogen-bond acceptors (Lipinski definition) is 3. The molecular weight excluding hydrogens is 320 g/mol. The summed E-state index contributed by atoms with van der Waals surface area (Å²) in [6.45, 7) is 1.56. The Labute approximate surface area is 146 Å². The number of terminal acetylenes is 1. The number of hydrogen-bond donors (Lipinski definition) is 1. The second kappa shape index (κ2) is 8.00. The molecule has 1 aromatic heterocycles. The van der Waals surface area contributed by atoms with Crippen LogP contribution in [0.25, 0.3) is 10.4 Å². The van der Waals surface area contributed by atoms with Crippen LogP contribution in [0.5, 0.6) is 0 Å². The topological polar surface area (TPSA) is 41.6 Å². The van der Waals surface area contributed by atoms with Gasteiger partial charge in [0.15, 0.2) is 0 Å². The summed E-state index contributed by atoms with van der Waals surface area (Å²) in [5.74, 6) is 2.56. The molecule has 1 atom stereocenters. The second-order valence-corrected chi connectivity index (χ2v) is 6.62. The summed E-state index contributed by atoms with van der Waals surface area (Å²) in [6.07, 6.45) is 7.52. The van der Waals surface area contributed by atoms with Gasteiger partial charge in [0, 0.05) is 23.6 Å². The number of carbonyl (C=O) groups excluding carboxylic acids is 1. The molecule has 0 aliphatic carbocycles. The van der Waals surface area contributed by atoms with Gasteiger partial charge in [0.1, 0.15) is 0 Å². The van der Waals surface area contributed by atoms with Crippen LogP contribution in [0.1, 0.15) is 12.8 Å². The molecule has 1 fully saturated rings. The maximum Gasteiger partial charge on any atom is 0.322 e. The van der Waals surface area contributed by atoms with Gasteiger partial charge < -0.3 is 15.0 Å². The van der Waals surface area contributed by atoms with E-state index in [1.165, 1.54) is 0 Å². The monoisotopic (exact) mass is 340 g/mol. The van der Waals surface area contributed by atoms with Crippen LogP contribution in [-0.4, -0.2) is 36.7 Å². The van der Waals surface area contributed by atoms with E-state index in [-0.39, 0.29) is 18.7 Å². The third-order valence-corrected chi connectivity index (χ3v) is 4.88. The largest absolute Gasteiger partial charge is 0.376 e. The Balaban J connectivity index is 1.74. The van der Waals surface area contributed by atoms with Crippen molar-refractivity contribution in [3.63, 3.8) is 0 Å². The SMILES string of the molecule is C#CCN(CC1CCCO1)C(=O)Nc1ccccc1-c1cccs1. The Morgan fingerprint density at radius 2 is 2.25 bits per heavy atom. The van der Waals surface area contributed by atoms with E-state index in [1.807, 2.05) is 41.8 Å². The van der Waals surface area contributed by atoms with Gasteiger partial charge in [0.05, 0.1) is 18.3 Å². The number of ether oxygens (including phenoxy) is 1. The third kappa shape index (κ3) is 3.97. The first-order valence-electron chi connectivity index (χ1n) is 8.02. The fourth-order valence-electron chi connectivity index (χ4n) is 2.80. The van der Waals surface area contributed by atoms with Crippen molar-refractivity contribution in [2.75, 3.05) is 25.0 Å². The van der Waals surface area contributed by atoms with Crippen molar-refractivity contribution >= 4 is 23.1 Å². The van der Waals surface area contributed by atoms with Crippen LogP contribution in [0.15, 0.2) is 41.8 Å². The molecule has 0 bridgehead atoms. The lowest BCUT2D eigenvalue weighted by Gasteiger charge is -2.24. The summed E-state index contributed by atoms with van der Waals surface area (Å²) < 4.78 is 5.62. The average Bonchev–Trinajstić information content (AvgIpc) is 3.28. The van der Waals surface area contributed by atoms with Gasteiger partial charge in [-0.1, -0.05) is 30.2 Å². The minimum Gasteiger partial charge on any atom is -0.376 e. The minimum absolute atomic E-state index is 0.0802. The quantitative estimate of drug-likeness (QED) is 0.834. The molecule has 1 unspecified atom stereocenters. The van der Waals surface area contributed by atoms with E-state index in [2.05, 4.69) is 11.2 Å². The molecule has 124 valence electrons. The molecule has 1 saturated heterocycles. The van der Waals surface area contributed by atoms with Crippen molar-refractivity contribution in [3.8, 4) is 22.8 Å². The van der Waals surface area contributed by atoms with E-state index in [0.717, 1.165) is 35.6 Å². The molecule has 4 nitrogen and oxygen atoms in total. The van der Waals surface area contributed by atoms with Gasteiger partial charge in [0.25, 0.3) is 0 Å². The number of benzene rings is 1. The highest BCUT2D eigenvalue weighted by Crippen LogP contribution is 2.31. The first kappa shape index (κ1) is 16.6. The molecule has 24 heavy (non-hydrogen) atoms. The Kier molecular flexibility index (Phi) is 5.52. The van der Waals surface area contributed by atoms with E-state index in [0.29, 0.717) is 6.54 Å². The molecule has 5 heteroatoms. The molecule has 2 aromatic rings. The first-order valence-corrected chi connectivity index (χ1v) is 8.90. The van der Waals surface area contributed by atoms with Crippen LogP contribution in [0.2, 0.25) is 0 Å². The number of rotatable bonds is 5. The fourth-order valence-corrected chi connectivity index (χ4v) is 3.56. The average molecular weight is 340 g/mol. The van der Waals surface area contributed by atoms with Crippen LogP contribution in [-0.2, 0) is 4.74 Å². The number of thiophene rings is 1. The number of nitrogens with zero attached hydrogens (tertiary/aromatic N) is 1. The van der Waals surface area contributed by atoms with Crippen molar-refractivity contribution < 1.29 is 9.53 Å². The summed E-state index contributed by atoms with van der Waals surface area (Å²) in [5, 5.41) is 5.02. The fraction of sp³-hybridized carbons (Fsp3) is 0.316. The first-order chi connectivity index (χ1) is 11.8. The van der Waals surface area contributed by atoms with Crippen molar-refractivity contribution in [2.45, 2.75) is 18.9 Å². The Hall–Kier alpha value is -2.29. The van der Waals surface area contributed by atoms with Crippen LogP contribution >= 0.6 is 11.3 Å². The van der Waals surface area contributed by atoms with Crippen LogP contribution in [0.3, 0.4) is 0 Å². The molecule has 1 aliphatic rings.